The first-order chi connectivity index (χ1) is 14.6. The Morgan fingerprint density at radius 3 is 2.19 bits per heavy atom. The normalized spacial score (nSPS) is 12.8. The molecule has 2 atom stereocenters. The minimum atomic E-state index is -1.33. The van der Waals surface area contributed by atoms with Gasteiger partial charge in [-0.05, 0) is 32.8 Å². The van der Waals surface area contributed by atoms with Crippen LogP contribution in [0, 0.1) is 0 Å². The highest BCUT2D eigenvalue weighted by Crippen LogP contribution is 2.08. The number of nitrogens with one attached hydrogen (secondary N) is 3. The van der Waals surface area contributed by atoms with E-state index in [4.69, 9.17) is 9.47 Å². The van der Waals surface area contributed by atoms with Crippen LogP contribution >= 0.6 is 0 Å². The standard InChI is InChI=1S/C21H31N3O7/c1-21(2,3)31-20(29)24-16(12-25)19(28)23-15(18(27)22-4)10-11-17(26)30-13-14-8-6-5-7-9-14/h5-9,15-16,25H,10-13H2,1-4H3,(H,22,27)(H,23,28)(H,24,29)/t15-,16+/m0/s1. The lowest BCUT2D eigenvalue weighted by Gasteiger charge is -2.24. The van der Waals surface area contributed by atoms with Crippen LogP contribution in [0.5, 0.6) is 0 Å². The van der Waals surface area contributed by atoms with Gasteiger partial charge in [0.2, 0.25) is 11.8 Å². The summed E-state index contributed by atoms with van der Waals surface area (Å²) in [5.41, 5.74) is 0.0386. The number of aliphatic hydroxyl groups is 1. The topological polar surface area (TPSA) is 143 Å². The van der Waals surface area contributed by atoms with Crippen LogP contribution in [0.3, 0.4) is 0 Å². The quantitative estimate of drug-likeness (QED) is 0.393. The fourth-order valence-electron chi connectivity index (χ4n) is 2.43. The minimum absolute atomic E-state index is 0.0242. The molecule has 0 aliphatic carbocycles. The lowest BCUT2D eigenvalue weighted by Crippen LogP contribution is -2.55. The molecule has 31 heavy (non-hydrogen) atoms. The summed E-state index contributed by atoms with van der Waals surface area (Å²) in [5, 5.41) is 16.5. The first-order valence-electron chi connectivity index (χ1n) is 9.87. The maximum atomic E-state index is 12.4. The zero-order valence-corrected chi connectivity index (χ0v) is 18.3. The molecule has 0 bridgehead atoms. The van der Waals surface area contributed by atoms with Gasteiger partial charge in [0.15, 0.2) is 0 Å². The summed E-state index contributed by atoms with van der Waals surface area (Å²) in [4.78, 5) is 48.4. The number of esters is 1. The third-order valence-corrected chi connectivity index (χ3v) is 3.95. The van der Waals surface area contributed by atoms with E-state index in [9.17, 15) is 24.3 Å². The minimum Gasteiger partial charge on any atom is -0.461 e. The number of carbonyl (C=O) groups excluding carboxylic acids is 4. The lowest BCUT2D eigenvalue weighted by molar-refractivity contribution is -0.145. The second-order valence-corrected chi connectivity index (χ2v) is 7.74. The molecule has 0 aromatic heterocycles. The second-order valence-electron chi connectivity index (χ2n) is 7.74. The third-order valence-electron chi connectivity index (χ3n) is 3.95. The molecule has 0 fully saturated rings. The maximum Gasteiger partial charge on any atom is 0.408 e. The highest BCUT2D eigenvalue weighted by molar-refractivity contribution is 5.91. The summed E-state index contributed by atoms with van der Waals surface area (Å²) in [6, 6.07) is 6.73. The van der Waals surface area contributed by atoms with E-state index in [0.717, 1.165) is 5.56 Å². The Balaban J connectivity index is 2.61. The van der Waals surface area contributed by atoms with Crippen molar-refractivity contribution in [3.05, 3.63) is 35.9 Å². The van der Waals surface area contributed by atoms with Gasteiger partial charge in [0.1, 0.15) is 24.3 Å². The van der Waals surface area contributed by atoms with Crippen LogP contribution in [0.1, 0.15) is 39.2 Å². The largest absolute Gasteiger partial charge is 0.461 e. The molecule has 0 saturated heterocycles. The number of benzene rings is 1. The fraction of sp³-hybridized carbons (Fsp3) is 0.524. The van der Waals surface area contributed by atoms with Crippen LogP contribution in [0.2, 0.25) is 0 Å². The number of carbonyl (C=O) groups is 4. The number of alkyl carbamates (subject to hydrolysis) is 1. The Bertz CT molecular complexity index is 747. The molecule has 0 aliphatic rings. The molecule has 0 aliphatic heterocycles. The molecule has 0 spiro atoms. The van der Waals surface area contributed by atoms with E-state index >= 15 is 0 Å². The van der Waals surface area contributed by atoms with Crippen molar-refractivity contribution in [2.24, 2.45) is 0 Å². The van der Waals surface area contributed by atoms with E-state index in [-0.39, 0.29) is 19.4 Å². The van der Waals surface area contributed by atoms with Crippen LogP contribution in [-0.4, -0.2) is 60.3 Å². The van der Waals surface area contributed by atoms with Gasteiger partial charge in [-0.25, -0.2) is 4.79 Å². The van der Waals surface area contributed by atoms with Crippen molar-refractivity contribution < 1.29 is 33.8 Å². The van der Waals surface area contributed by atoms with Crippen LogP contribution in [-0.2, 0) is 30.5 Å². The monoisotopic (exact) mass is 437 g/mol. The van der Waals surface area contributed by atoms with Gasteiger partial charge in [0, 0.05) is 13.5 Å². The van der Waals surface area contributed by atoms with Crippen molar-refractivity contribution in [1.82, 2.24) is 16.0 Å². The lowest BCUT2D eigenvalue weighted by atomic mass is 10.1. The molecule has 0 saturated carbocycles. The van der Waals surface area contributed by atoms with Gasteiger partial charge in [0.05, 0.1) is 6.61 Å². The number of hydrogen-bond acceptors (Lipinski definition) is 7. The highest BCUT2D eigenvalue weighted by Gasteiger charge is 2.28. The van der Waals surface area contributed by atoms with Crippen molar-refractivity contribution in [2.75, 3.05) is 13.7 Å². The number of aliphatic hydroxyl groups excluding tert-OH is 1. The van der Waals surface area contributed by atoms with Gasteiger partial charge in [-0.2, -0.15) is 0 Å². The molecular formula is C21H31N3O7. The molecule has 1 aromatic rings. The SMILES string of the molecule is CNC(=O)[C@H](CCC(=O)OCc1ccccc1)NC(=O)[C@@H](CO)NC(=O)OC(C)(C)C. The number of rotatable bonds is 10. The molecular weight excluding hydrogens is 406 g/mol. The molecule has 4 N–H and O–H groups in total. The zero-order chi connectivity index (χ0) is 23.4. The fourth-order valence-corrected chi connectivity index (χ4v) is 2.43. The van der Waals surface area contributed by atoms with E-state index < -0.39 is 48.2 Å². The first-order valence-corrected chi connectivity index (χ1v) is 9.87. The smallest absolute Gasteiger partial charge is 0.408 e. The summed E-state index contributed by atoms with van der Waals surface area (Å²) in [6.07, 6.45) is -1.03. The molecule has 10 heteroatoms. The van der Waals surface area contributed by atoms with Crippen LogP contribution in [0.15, 0.2) is 30.3 Å². The predicted octanol–water partition coefficient (Wildman–Crippen LogP) is 0.626. The van der Waals surface area contributed by atoms with E-state index in [1.807, 2.05) is 30.3 Å². The molecule has 3 amide bonds. The van der Waals surface area contributed by atoms with Gasteiger partial charge in [-0.1, -0.05) is 30.3 Å². The average molecular weight is 437 g/mol. The van der Waals surface area contributed by atoms with Gasteiger partial charge in [-0.15, -0.1) is 0 Å². The van der Waals surface area contributed by atoms with Crippen molar-refractivity contribution in [3.8, 4) is 0 Å². The zero-order valence-electron chi connectivity index (χ0n) is 18.3. The highest BCUT2D eigenvalue weighted by atomic mass is 16.6. The molecule has 0 radical (unpaired) electrons. The van der Waals surface area contributed by atoms with Gasteiger partial charge in [-0.3, -0.25) is 14.4 Å². The van der Waals surface area contributed by atoms with Crippen molar-refractivity contribution in [3.63, 3.8) is 0 Å². The Labute approximate surface area is 181 Å². The van der Waals surface area contributed by atoms with E-state index in [2.05, 4.69) is 16.0 Å². The number of amides is 3. The molecule has 10 nitrogen and oxygen atoms in total. The molecule has 0 unspecified atom stereocenters. The average Bonchev–Trinajstić information content (AvgIpc) is 2.72. The maximum absolute atomic E-state index is 12.4. The number of likely N-dealkylation sites (N-methyl/N-ethyl adjacent to an activating group) is 1. The van der Waals surface area contributed by atoms with Gasteiger partial charge >= 0.3 is 12.1 Å². The predicted molar refractivity (Wildman–Crippen MR) is 112 cm³/mol. The van der Waals surface area contributed by atoms with Crippen LogP contribution in [0.25, 0.3) is 0 Å². The van der Waals surface area contributed by atoms with Crippen molar-refractivity contribution >= 4 is 23.9 Å². The summed E-state index contributed by atoms with van der Waals surface area (Å²) in [7, 11) is 1.39. The van der Waals surface area contributed by atoms with E-state index in [0.29, 0.717) is 0 Å². The van der Waals surface area contributed by atoms with Crippen molar-refractivity contribution in [1.29, 1.82) is 0 Å². The second kappa shape index (κ2) is 12.5. The summed E-state index contributed by atoms with van der Waals surface area (Å²) < 4.78 is 10.2. The molecule has 1 rings (SSSR count). The van der Waals surface area contributed by atoms with Crippen LogP contribution < -0.4 is 16.0 Å². The Morgan fingerprint density at radius 1 is 1.00 bits per heavy atom. The number of ether oxygens (including phenoxy) is 2. The Morgan fingerprint density at radius 2 is 1.65 bits per heavy atom. The third kappa shape index (κ3) is 10.4. The summed E-state index contributed by atoms with van der Waals surface area (Å²) in [6.45, 7) is 4.35. The number of hydrogen-bond donors (Lipinski definition) is 4. The molecule has 172 valence electrons. The first kappa shape index (κ1) is 25.9. The summed E-state index contributed by atoms with van der Waals surface area (Å²) in [5.74, 6) is -1.85. The molecule has 1 aromatic carbocycles. The van der Waals surface area contributed by atoms with Gasteiger partial charge < -0.3 is 30.5 Å². The van der Waals surface area contributed by atoms with Crippen LogP contribution in [0.4, 0.5) is 4.79 Å². The van der Waals surface area contributed by atoms with E-state index in [1.54, 1.807) is 20.8 Å². The van der Waals surface area contributed by atoms with Crippen molar-refractivity contribution in [2.45, 2.75) is 57.9 Å². The van der Waals surface area contributed by atoms with E-state index in [1.165, 1.54) is 7.05 Å². The summed E-state index contributed by atoms with van der Waals surface area (Å²) >= 11 is 0. The van der Waals surface area contributed by atoms with Gasteiger partial charge in [0.25, 0.3) is 0 Å². The Kier molecular flexibility index (Phi) is 10.5. The molecule has 0 heterocycles. The Hall–Kier alpha value is -3.14.